The second-order valence-electron chi connectivity index (χ2n) is 3.99. The van der Waals surface area contributed by atoms with Gasteiger partial charge in [-0.25, -0.2) is 0 Å². The fourth-order valence-corrected chi connectivity index (χ4v) is 2.01. The van der Waals surface area contributed by atoms with Gasteiger partial charge in [-0.15, -0.1) is 0 Å². The average molecular weight is 223 g/mol. The van der Waals surface area contributed by atoms with Crippen molar-refractivity contribution in [1.82, 2.24) is 5.32 Å². The lowest BCUT2D eigenvalue weighted by atomic mass is 10.0. The first-order chi connectivity index (χ1) is 7.63. The van der Waals surface area contributed by atoms with E-state index in [1.54, 1.807) is 14.2 Å². The van der Waals surface area contributed by atoms with E-state index in [1.165, 1.54) is 5.56 Å². The Kier molecular flexibility index (Phi) is 4.77. The number of hydrogen-bond acceptors (Lipinski definition) is 3. The monoisotopic (exact) mass is 223 g/mol. The summed E-state index contributed by atoms with van der Waals surface area (Å²) >= 11 is 0. The maximum absolute atomic E-state index is 5.49. The van der Waals surface area contributed by atoms with Crippen LogP contribution in [0, 0.1) is 13.8 Å². The minimum absolute atomic E-state index is 0.0264. The summed E-state index contributed by atoms with van der Waals surface area (Å²) in [6, 6.07) is 4.24. The molecule has 0 aliphatic carbocycles. The lowest BCUT2D eigenvalue weighted by molar-refractivity contribution is 0.102. The molecule has 1 aromatic rings. The van der Waals surface area contributed by atoms with Crippen molar-refractivity contribution in [2.45, 2.75) is 20.0 Å². The van der Waals surface area contributed by atoms with Gasteiger partial charge < -0.3 is 14.8 Å². The quantitative estimate of drug-likeness (QED) is 0.830. The Bertz CT molecular complexity index is 350. The van der Waals surface area contributed by atoms with E-state index in [9.17, 15) is 0 Å². The Balaban J connectivity index is 3.17. The minimum atomic E-state index is 0.0264. The molecule has 90 valence electrons. The number of benzene rings is 1. The first-order valence-electron chi connectivity index (χ1n) is 5.46. The molecule has 0 saturated heterocycles. The highest BCUT2D eigenvalue weighted by molar-refractivity contribution is 5.45. The summed E-state index contributed by atoms with van der Waals surface area (Å²) in [5.74, 6) is 0.924. The van der Waals surface area contributed by atoms with Crippen molar-refractivity contribution in [1.29, 1.82) is 0 Å². The normalized spacial score (nSPS) is 12.6. The summed E-state index contributed by atoms with van der Waals surface area (Å²) in [6.07, 6.45) is 0.0264. The standard InChI is InChI=1S/C13H21NO2/c1-9-6-10(2)13(16-5)11(7-9)12(15-4)8-14-3/h6-7,12,14H,8H2,1-5H3. The van der Waals surface area contributed by atoms with Gasteiger partial charge in [-0.05, 0) is 32.5 Å². The summed E-state index contributed by atoms with van der Waals surface area (Å²) in [6.45, 7) is 4.92. The molecule has 3 heteroatoms. The largest absolute Gasteiger partial charge is 0.496 e. The van der Waals surface area contributed by atoms with Crippen LogP contribution in [0.3, 0.4) is 0 Å². The Labute approximate surface area is 97.8 Å². The Morgan fingerprint density at radius 1 is 1.25 bits per heavy atom. The van der Waals surface area contributed by atoms with Crippen molar-refractivity contribution in [2.75, 3.05) is 27.8 Å². The van der Waals surface area contributed by atoms with Crippen LogP contribution in [-0.2, 0) is 4.74 Å². The van der Waals surface area contributed by atoms with Gasteiger partial charge in [0.25, 0.3) is 0 Å². The van der Waals surface area contributed by atoms with Crippen molar-refractivity contribution >= 4 is 0 Å². The average Bonchev–Trinajstić information content (AvgIpc) is 2.25. The third-order valence-corrected chi connectivity index (χ3v) is 2.67. The second kappa shape index (κ2) is 5.87. The molecule has 0 aliphatic rings. The van der Waals surface area contributed by atoms with E-state index in [0.29, 0.717) is 0 Å². The highest BCUT2D eigenvalue weighted by Gasteiger charge is 2.16. The molecule has 0 aromatic heterocycles. The van der Waals surface area contributed by atoms with Gasteiger partial charge >= 0.3 is 0 Å². The molecule has 1 aromatic carbocycles. The predicted octanol–water partition coefficient (Wildman–Crippen LogP) is 2.22. The zero-order valence-electron chi connectivity index (χ0n) is 10.8. The van der Waals surface area contributed by atoms with Gasteiger partial charge in [-0.1, -0.05) is 11.6 Å². The number of methoxy groups -OCH3 is 2. The summed E-state index contributed by atoms with van der Waals surface area (Å²) in [5.41, 5.74) is 3.49. The molecule has 0 saturated carbocycles. The highest BCUT2D eigenvalue weighted by Crippen LogP contribution is 2.31. The zero-order valence-corrected chi connectivity index (χ0v) is 10.8. The molecule has 0 aliphatic heterocycles. The molecule has 0 bridgehead atoms. The molecule has 0 fully saturated rings. The third-order valence-electron chi connectivity index (χ3n) is 2.67. The molecule has 0 spiro atoms. The van der Waals surface area contributed by atoms with Gasteiger partial charge in [0.1, 0.15) is 5.75 Å². The van der Waals surface area contributed by atoms with Crippen LogP contribution in [0.4, 0.5) is 0 Å². The van der Waals surface area contributed by atoms with Gasteiger partial charge in [0.05, 0.1) is 13.2 Å². The molecular formula is C13H21NO2. The van der Waals surface area contributed by atoms with Crippen LogP contribution in [-0.4, -0.2) is 27.8 Å². The van der Waals surface area contributed by atoms with E-state index in [0.717, 1.165) is 23.4 Å². The number of rotatable bonds is 5. The van der Waals surface area contributed by atoms with Crippen LogP contribution in [0.1, 0.15) is 22.8 Å². The van der Waals surface area contributed by atoms with Crippen molar-refractivity contribution in [2.24, 2.45) is 0 Å². The first kappa shape index (κ1) is 13.0. The molecule has 0 amide bonds. The van der Waals surface area contributed by atoms with Gasteiger partial charge in [-0.2, -0.15) is 0 Å². The van der Waals surface area contributed by atoms with E-state index in [4.69, 9.17) is 9.47 Å². The van der Waals surface area contributed by atoms with E-state index < -0.39 is 0 Å². The third kappa shape index (κ3) is 2.74. The fraction of sp³-hybridized carbons (Fsp3) is 0.538. The van der Waals surface area contributed by atoms with E-state index >= 15 is 0 Å². The highest BCUT2D eigenvalue weighted by atomic mass is 16.5. The predicted molar refractivity (Wildman–Crippen MR) is 66.1 cm³/mol. The van der Waals surface area contributed by atoms with Crippen LogP contribution in [0.15, 0.2) is 12.1 Å². The maximum atomic E-state index is 5.49. The fourth-order valence-electron chi connectivity index (χ4n) is 2.01. The van der Waals surface area contributed by atoms with Gasteiger partial charge in [0, 0.05) is 19.2 Å². The van der Waals surface area contributed by atoms with Crippen molar-refractivity contribution < 1.29 is 9.47 Å². The smallest absolute Gasteiger partial charge is 0.127 e. The number of hydrogen-bond donors (Lipinski definition) is 1. The summed E-state index contributed by atoms with van der Waals surface area (Å²) < 4.78 is 10.9. The second-order valence-corrected chi connectivity index (χ2v) is 3.99. The molecule has 0 radical (unpaired) electrons. The Hall–Kier alpha value is -1.06. The molecule has 1 N–H and O–H groups in total. The molecular weight excluding hydrogens is 202 g/mol. The lowest BCUT2D eigenvalue weighted by Gasteiger charge is -2.20. The topological polar surface area (TPSA) is 30.5 Å². The molecule has 16 heavy (non-hydrogen) atoms. The van der Waals surface area contributed by atoms with Crippen molar-refractivity contribution in [3.63, 3.8) is 0 Å². The minimum Gasteiger partial charge on any atom is -0.496 e. The molecule has 1 atom stereocenters. The summed E-state index contributed by atoms with van der Waals surface area (Å²) in [5, 5.41) is 3.13. The maximum Gasteiger partial charge on any atom is 0.127 e. The SMILES string of the molecule is CNCC(OC)c1cc(C)cc(C)c1OC. The van der Waals surface area contributed by atoms with Gasteiger partial charge in [-0.3, -0.25) is 0 Å². The van der Waals surface area contributed by atoms with E-state index in [-0.39, 0.29) is 6.10 Å². The summed E-state index contributed by atoms with van der Waals surface area (Å²) in [7, 11) is 5.34. The number of likely N-dealkylation sites (N-methyl/N-ethyl adjacent to an activating group) is 1. The Morgan fingerprint density at radius 2 is 1.94 bits per heavy atom. The van der Waals surface area contributed by atoms with Crippen molar-refractivity contribution in [3.05, 3.63) is 28.8 Å². The van der Waals surface area contributed by atoms with E-state index in [2.05, 4.69) is 31.3 Å². The molecule has 3 nitrogen and oxygen atoms in total. The molecule has 0 heterocycles. The van der Waals surface area contributed by atoms with Gasteiger partial charge in [0.2, 0.25) is 0 Å². The lowest BCUT2D eigenvalue weighted by Crippen LogP contribution is -2.19. The van der Waals surface area contributed by atoms with Crippen LogP contribution in [0.25, 0.3) is 0 Å². The van der Waals surface area contributed by atoms with Crippen LogP contribution in [0.5, 0.6) is 5.75 Å². The van der Waals surface area contributed by atoms with Crippen molar-refractivity contribution in [3.8, 4) is 5.75 Å². The van der Waals surface area contributed by atoms with Gasteiger partial charge in [0.15, 0.2) is 0 Å². The van der Waals surface area contributed by atoms with Crippen LogP contribution < -0.4 is 10.1 Å². The molecule has 1 unspecified atom stereocenters. The summed E-state index contributed by atoms with van der Waals surface area (Å²) in [4.78, 5) is 0. The van der Waals surface area contributed by atoms with E-state index in [1.807, 2.05) is 7.05 Å². The first-order valence-corrected chi connectivity index (χ1v) is 5.46. The van der Waals surface area contributed by atoms with Crippen LogP contribution >= 0.6 is 0 Å². The van der Waals surface area contributed by atoms with Crippen LogP contribution in [0.2, 0.25) is 0 Å². The number of ether oxygens (including phenoxy) is 2. The number of aryl methyl sites for hydroxylation is 2. The number of nitrogens with one attached hydrogen (secondary N) is 1. The zero-order chi connectivity index (χ0) is 12.1. The molecule has 1 rings (SSSR count). The Morgan fingerprint density at radius 3 is 2.44 bits per heavy atom.